The molecule has 0 aliphatic carbocycles. The quantitative estimate of drug-likeness (QED) is 0.0670. The molecule has 0 aliphatic heterocycles. The van der Waals surface area contributed by atoms with Crippen molar-refractivity contribution < 1.29 is 35.3 Å². The number of carbonyl (C=O) groups excluding carboxylic acids is 1. The van der Waals surface area contributed by atoms with Crippen LogP contribution >= 0.6 is 0 Å². The predicted octanol–water partition coefficient (Wildman–Crippen LogP) is 8.41. The number of nitrogens with zero attached hydrogens (tertiary/aromatic N) is 1. The number of ether oxygens (including phenoxy) is 1. The van der Waals surface area contributed by atoms with E-state index in [1.165, 1.54) is 17.0 Å². The summed E-state index contributed by atoms with van der Waals surface area (Å²) in [5.41, 5.74) is -4.92. The number of anilines is 1. The molecule has 2 aromatic carbocycles. The number of alkyl halides is 3. The van der Waals surface area contributed by atoms with Crippen molar-refractivity contribution in [3.8, 4) is 5.75 Å². The topological polar surface area (TPSA) is 72.9 Å². The van der Waals surface area contributed by atoms with Crippen LogP contribution in [0.3, 0.4) is 0 Å². The Morgan fingerprint density at radius 2 is 1.40 bits per heavy atom. The molecule has 0 unspecified atom stereocenters. The van der Waals surface area contributed by atoms with Crippen molar-refractivity contribution in [2.75, 3.05) is 18.6 Å². The van der Waals surface area contributed by atoms with E-state index in [1.54, 1.807) is 13.2 Å². The maximum atomic E-state index is 14.8. The zero-order valence-electron chi connectivity index (χ0n) is 25.1. The van der Waals surface area contributed by atoms with Gasteiger partial charge in [-0.05, 0) is 0 Å². The van der Waals surface area contributed by atoms with Crippen LogP contribution in [0.2, 0.25) is 13.3 Å². The fourth-order valence-electron chi connectivity index (χ4n) is 5.12. The van der Waals surface area contributed by atoms with Gasteiger partial charge in [0.2, 0.25) is 0 Å². The summed E-state index contributed by atoms with van der Waals surface area (Å²) < 4.78 is 77.8. The zero-order chi connectivity index (χ0) is 31.2. The van der Waals surface area contributed by atoms with Crippen LogP contribution in [0.4, 0.5) is 18.9 Å². The van der Waals surface area contributed by atoms with Crippen LogP contribution in [-0.4, -0.2) is 51.9 Å². The number of halogens is 3. The van der Waals surface area contributed by atoms with E-state index < -0.39 is 39.8 Å². The molecule has 0 spiro atoms. The second-order valence-electron chi connectivity index (χ2n) is 10.5. The summed E-state index contributed by atoms with van der Waals surface area (Å²) in [5, 5.41) is 0. The summed E-state index contributed by atoms with van der Waals surface area (Å²) in [6.07, 6.45) is 7.82. The number of rotatable bonds is 18. The van der Waals surface area contributed by atoms with E-state index in [-0.39, 0.29) is 24.7 Å². The molecule has 0 atom stereocenters. The van der Waals surface area contributed by atoms with Gasteiger partial charge in [0, 0.05) is 0 Å². The molecule has 6 nitrogen and oxygen atoms in total. The third-order valence-electron chi connectivity index (χ3n) is 7.35. The standard InChI is InChI=1S/C19H17F3NO5S.3C4H9.Sn/c1-27-13-7-12-18(24)23(14-15-8-3-2-4-9-15)16-10-5-6-11-17(16)28-29(25,26)19(20,21)22;3*1-3-4-2;/h2-11H,13-14H2,1H3;3*1,3-4H2,2H3;. The number of carbonyl (C=O) groups is 1. The Kier molecular flexibility index (Phi) is 14.9. The molecule has 0 bridgehead atoms. The van der Waals surface area contributed by atoms with Crippen LogP contribution in [0.15, 0.2) is 64.3 Å². The summed E-state index contributed by atoms with van der Waals surface area (Å²) >= 11 is -3.45. The molecule has 0 saturated carbocycles. The van der Waals surface area contributed by atoms with Crippen molar-refractivity contribution in [2.24, 2.45) is 0 Å². The molecule has 0 fully saturated rings. The number of hydrogen-bond acceptors (Lipinski definition) is 5. The van der Waals surface area contributed by atoms with E-state index in [0.29, 0.717) is 0 Å². The first-order chi connectivity index (χ1) is 20.0. The fourth-order valence-corrected chi connectivity index (χ4v) is 22.0. The summed E-state index contributed by atoms with van der Waals surface area (Å²) in [4.78, 5) is 16.2. The van der Waals surface area contributed by atoms with E-state index >= 15 is 0 Å². The third-order valence-corrected chi connectivity index (χ3v) is 24.0. The molecular weight excluding hydrogens is 674 g/mol. The third kappa shape index (κ3) is 10.0. The number of hydrogen-bond donors (Lipinski definition) is 0. The molecule has 234 valence electrons. The van der Waals surface area contributed by atoms with E-state index in [1.807, 2.05) is 36.4 Å². The van der Waals surface area contributed by atoms with Crippen LogP contribution in [-0.2, 0) is 26.2 Å². The normalized spacial score (nSPS) is 12.8. The van der Waals surface area contributed by atoms with E-state index in [9.17, 15) is 26.4 Å². The van der Waals surface area contributed by atoms with Gasteiger partial charge in [-0.15, -0.1) is 0 Å². The monoisotopic (exact) mass is 719 g/mol. The molecule has 0 aromatic heterocycles. The van der Waals surface area contributed by atoms with Gasteiger partial charge in [0.25, 0.3) is 0 Å². The van der Waals surface area contributed by atoms with Crippen LogP contribution in [0.25, 0.3) is 0 Å². The molecular formula is C31H44F3NO5SSn. The van der Waals surface area contributed by atoms with Crippen LogP contribution in [0, 0.1) is 0 Å². The van der Waals surface area contributed by atoms with Crippen molar-refractivity contribution in [1.82, 2.24) is 0 Å². The van der Waals surface area contributed by atoms with Crippen molar-refractivity contribution in [2.45, 2.75) is 84.7 Å². The molecule has 2 aromatic rings. The Labute approximate surface area is 253 Å². The molecule has 0 heterocycles. The first-order valence-corrected chi connectivity index (χ1v) is 23.5. The fraction of sp³-hybridized carbons (Fsp3) is 0.516. The van der Waals surface area contributed by atoms with Gasteiger partial charge in [-0.25, -0.2) is 0 Å². The first-order valence-electron chi connectivity index (χ1n) is 14.6. The van der Waals surface area contributed by atoms with Crippen molar-refractivity contribution in [3.63, 3.8) is 0 Å². The van der Waals surface area contributed by atoms with Crippen LogP contribution in [0.1, 0.15) is 64.9 Å². The maximum absolute atomic E-state index is 14.8. The number of amides is 1. The van der Waals surface area contributed by atoms with E-state index in [0.717, 1.165) is 67.1 Å². The number of para-hydroxylation sites is 2. The minimum atomic E-state index is -5.96. The summed E-state index contributed by atoms with van der Waals surface area (Å²) in [7, 11) is -4.40. The molecule has 42 heavy (non-hydrogen) atoms. The predicted molar refractivity (Wildman–Crippen MR) is 165 cm³/mol. The molecule has 11 heteroatoms. The molecule has 1 amide bonds. The molecule has 0 aliphatic rings. The minimum absolute atomic E-state index is 0.0215. The average molecular weight is 718 g/mol. The van der Waals surface area contributed by atoms with Crippen molar-refractivity contribution in [1.29, 1.82) is 0 Å². The Bertz CT molecular complexity index is 1230. The average Bonchev–Trinajstić information content (AvgIpc) is 2.96. The Morgan fingerprint density at radius 3 is 1.90 bits per heavy atom. The Morgan fingerprint density at radius 1 is 0.881 bits per heavy atom. The second kappa shape index (κ2) is 17.3. The number of methoxy groups -OCH3 is 1. The number of benzene rings is 2. The summed E-state index contributed by atoms with van der Waals surface area (Å²) in [5.74, 6) is -0.878. The van der Waals surface area contributed by atoms with Gasteiger partial charge >= 0.3 is 254 Å². The molecule has 0 radical (unpaired) electrons. The second-order valence-corrected chi connectivity index (χ2v) is 25.2. The van der Waals surface area contributed by atoms with Crippen molar-refractivity contribution >= 4 is 40.1 Å². The Hall–Kier alpha value is -2.05. The van der Waals surface area contributed by atoms with Crippen LogP contribution < -0.4 is 9.08 Å². The molecule has 0 N–H and O–H groups in total. The van der Waals surface area contributed by atoms with Gasteiger partial charge in [-0.3, -0.25) is 0 Å². The number of unbranched alkanes of at least 4 members (excludes halogenated alkanes) is 3. The molecule has 0 saturated heterocycles. The SMILES string of the molecule is CCC[CH2][Sn]([CH2]CCC)([CH2]CCC)/[C](=C\COC)C(=O)N(Cc1ccccc1)c1ccccc1OS(=O)(=O)C(F)(F)F. The molecule has 2 rings (SSSR count). The van der Waals surface area contributed by atoms with Gasteiger partial charge in [0.15, 0.2) is 0 Å². The van der Waals surface area contributed by atoms with Gasteiger partial charge in [0.05, 0.1) is 0 Å². The summed E-state index contributed by atoms with van der Waals surface area (Å²) in [6, 6.07) is 14.6. The van der Waals surface area contributed by atoms with Gasteiger partial charge in [-0.2, -0.15) is 0 Å². The Balaban J connectivity index is 2.79. The van der Waals surface area contributed by atoms with Crippen LogP contribution in [0.5, 0.6) is 5.75 Å². The van der Waals surface area contributed by atoms with E-state index in [4.69, 9.17) is 4.74 Å². The van der Waals surface area contributed by atoms with Gasteiger partial charge in [-0.1, -0.05) is 0 Å². The van der Waals surface area contributed by atoms with E-state index in [2.05, 4.69) is 25.0 Å². The summed E-state index contributed by atoms with van der Waals surface area (Å²) in [6.45, 7) is 6.64. The van der Waals surface area contributed by atoms with Crippen molar-refractivity contribution in [3.05, 3.63) is 69.8 Å². The van der Waals surface area contributed by atoms with Gasteiger partial charge < -0.3 is 0 Å². The zero-order valence-corrected chi connectivity index (χ0v) is 28.8. The van der Waals surface area contributed by atoms with Gasteiger partial charge in [0.1, 0.15) is 0 Å². The first kappa shape index (κ1) is 36.1.